The zero-order chi connectivity index (χ0) is 24.0. The molecule has 1 aromatic carbocycles. The molecule has 0 bridgehead atoms. The normalized spacial score (nSPS) is 21.4. The van der Waals surface area contributed by atoms with Crippen molar-refractivity contribution < 1.29 is 27.9 Å². The topological polar surface area (TPSA) is 135 Å². The molecule has 10 heteroatoms. The van der Waals surface area contributed by atoms with Crippen LogP contribution in [0.15, 0.2) is 35.4 Å². The molecule has 0 saturated heterocycles. The van der Waals surface area contributed by atoms with Gasteiger partial charge in [-0.05, 0) is 67.6 Å². The Labute approximate surface area is 197 Å². The minimum atomic E-state index is -3.36. The number of Topliss-reactive ketones (excluding diaryl/α,β-unsaturated/α-hetero) is 1. The number of anilines is 1. The molecule has 9 nitrogen and oxygen atoms in total. The highest BCUT2D eigenvalue weighted by molar-refractivity contribution is 7.92. The van der Waals surface area contributed by atoms with Gasteiger partial charge in [-0.15, -0.1) is 5.10 Å². The molecule has 1 heterocycles. The number of benzene rings is 1. The van der Waals surface area contributed by atoms with Crippen molar-refractivity contribution in [3.63, 3.8) is 0 Å². The van der Waals surface area contributed by atoms with Gasteiger partial charge in [-0.1, -0.05) is 12.1 Å². The summed E-state index contributed by atoms with van der Waals surface area (Å²) in [5.74, 6) is -0.398. The van der Waals surface area contributed by atoms with Crippen molar-refractivity contribution in [3.8, 4) is 0 Å². The summed E-state index contributed by atoms with van der Waals surface area (Å²) in [5, 5.41) is 15.3. The Kier molecular flexibility index (Phi) is 5.79. The van der Waals surface area contributed by atoms with Crippen LogP contribution in [0.5, 0.6) is 0 Å². The highest BCUT2D eigenvalue weighted by Crippen LogP contribution is 2.47. The van der Waals surface area contributed by atoms with E-state index in [0.717, 1.165) is 24.8 Å². The Morgan fingerprint density at radius 3 is 2.50 bits per heavy atom. The quantitative estimate of drug-likeness (QED) is 0.582. The summed E-state index contributed by atoms with van der Waals surface area (Å²) < 4.78 is 26.7. The van der Waals surface area contributed by atoms with Crippen LogP contribution in [0.3, 0.4) is 0 Å². The lowest BCUT2D eigenvalue weighted by Gasteiger charge is -2.21. The van der Waals surface area contributed by atoms with Gasteiger partial charge in [0.2, 0.25) is 5.91 Å². The van der Waals surface area contributed by atoms with E-state index in [1.54, 1.807) is 12.1 Å². The second-order valence-corrected chi connectivity index (χ2v) is 11.9. The summed E-state index contributed by atoms with van der Waals surface area (Å²) in [6.07, 6.45) is 5.34. The molecule has 0 aliphatic heterocycles. The van der Waals surface area contributed by atoms with Crippen LogP contribution in [0.2, 0.25) is 0 Å². The number of nitrogens with one attached hydrogen (secondary N) is 1. The third-order valence-electron chi connectivity index (χ3n) is 6.99. The van der Waals surface area contributed by atoms with Crippen LogP contribution in [0.4, 0.5) is 10.6 Å². The summed E-state index contributed by atoms with van der Waals surface area (Å²) in [6, 6.07) is 6.64. The fourth-order valence-corrected chi connectivity index (χ4v) is 6.77. The van der Waals surface area contributed by atoms with E-state index in [9.17, 15) is 22.8 Å². The van der Waals surface area contributed by atoms with Crippen molar-refractivity contribution in [1.29, 1.82) is 0 Å². The van der Waals surface area contributed by atoms with E-state index in [2.05, 4.69) is 10.4 Å². The molecule has 2 N–H and O–H groups in total. The fourth-order valence-electron chi connectivity index (χ4n) is 4.84. The molecule has 1 aromatic heterocycles. The van der Waals surface area contributed by atoms with Crippen LogP contribution < -0.4 is 5.32 Å². The highest BCUT2D eigenvalue weighted by Gasteiger charge is 2.41. The van der Waals surface area contributed by atoms with Crippen molar-refractivity contribution >= 4 is 33.4 Å². The lowest BCUT2D eigenvalue weighted by Crippen LogP contribution is -2.24. The molecular weight excluding hydrogens is 458 g/mol. The molecule has 3 saturated carbocycles. The molecule has 2 atom stereocenters. The van der Waals surface area contributed by atoms with Crippen LogP contribution in [0, 0.1) is 5.92 Å². The van der Waals surface area contributed by atoms with Gasteiger partial charge in [0.25, 0.3) is 0 Å². The molecule has 3 aliphatic rings. The zero-order valence-electron chi connectivity index (χ0n) is 18.6. The first-order valence-corrected chi connectivity index (χ1v) is 13.3. The second kappa shape index (κ2) is 8.65. The van der Waals surface area contributed by atoms with Gasteiger partial charge in [-0.25, -0.2) is 13.2 Å². The number of aromatic nitrogens is 2. The minimum Gasteiger partial charge on any atom is -0.463 e. The van der Waals surface area contributed by atoms with Gasteiger partial charge < -0.3 is 10.4 Å². The van der Waals surface area contributed by atoms with Gasteiger partial charge >= 0.3 is 6.09 Å². The van der Waals surface area contributed by atoms with Gasteiger partial charge in [-0.3, -0.25) is 9.59 Å². The average Bonchev–Trinajstić information content (AvgIpc) is 3.72. The Balaban J connectivity index is 1.46. The minimum absolute atomic E-state index is 0.0686. The first-order valence-electron chi connectivity index (χ1n) is 11.7. The van der Waals surface area contributed by atoms with E-state index in [1.165, 1.54) is 12.3 Å². The average molecular weight is 486 g/mol. The molecule has 0 spiro atoms. The standard InChI is InChI=1S/C24H27N3O6S/c28-17-5-1-14(11-17)12-20(23(29)25-22-9-10-27(26-22)24(30)31)16-4-8-21(19(13-16)15-2-3-15)34(32,33)18-6-7-18/h4,8-10,13-15,18,20H,1-3,5-7,11-12H2,(H,30,31)(H,25,26,29)/t14-,20+/m0/s1. The van der Waals surface area contributed by atoms with Gasteiger partial charge in [0.1, 0.15) is 5.78 Å². The number of sulfone groups is 1. The summed E-state index contributed by atoms with van der Waals surface area (Å²) in [5.41, 5.74) is 1.51. The largest absolute Gasteiger partial charge is 0.463 e. The van der Waals surface area contributed by atoms with Gasteiger partial charge in [0, 0.05) is 25.1 Å². The smallest absolute Gasteiger partial charge is 0.432 e. The summed E-state index contributed by atoms with van der Waals surface area (Å²) >= 11 is 0. The number of carbonyl (C=O) groups excluding carboxylic acids is 2. The Bertz CT molecular complexity index is 1260. The number of carbonyl (C=O) groups is 3. The van der Waals surface area contributed by atoms with Crippen molar-refractivity contribution in [1.82, 2.24) is 9.78 Å². The van der Waals surface area contributed by atoms with Crippen molar-refractivity contribution in [2.24, 2.45) is 5.92 Å². The number of amides is 1. The molecule has 34 heavy (non-hydrogen) atoms. The zero-order valence-corrected chi connectivity index (χ0v) is 19.5. The molecule has 3 aliphatic carbocycles. The van der Waals surface area contributed by atoms with Crippen LogP contribution >= 0.6 is 0 Å². The van der Waals surface area contributed by atoms with E-state index in [-0.39, 0.29) is 34.6 Å². The van der Waals surface area contributed by atoms with Crippen LogP contribution in [0.25, 0.3) is 0 Å². The number of hydrogen-bond donors (Lipinski definition) is 2. The Hall–Kier alpha value is -3.01. The number of carboxylic acid groups (broad SMARTS) is 1. The van der Waals surface area contributed by atoms with Gasteiger partial charge in [0.15, 0.2) is 15.7 Å². The monoisotopic (exact) mass is 485 g/mol. The molecule has 2 aromatic rings. The summed E-state index contributed by atoms with van der Waals surface area (Å²) in [6.45, 7) is 0. The molecule has 0 radical (unpaired) electrons. The number of hydrogen-bond acceptors (Lipinski definition) is 6. The first kappa shape index (κ1) is 22.8. The van der Waals surface area contributed by atoms with E-state index < -0.39 is 21.8 Å². The van der Waals surface area contributed by atoms with Gasteiger partial charge in [-0.2, -0.15) is 4.68 Å². The molecule has 0 unspecified atom stereocenters. The maximum absolute atomic E-state index is 13.3. The van der Waals surface area contributed by atoms with Crippen LogP contribution in [-0.4, -0.2) is 46.3 Å². The Morgan fingerprint density at radius 2 is 1.91 bits per heavy atom. The summed E-state index contributed by atoms with van der Waals surface area (Å²) in [4.78, 5) is 36.7. The van der Waals surface area contributed by atoms with E-state index >= 15 is 0 Å². The van der Waals surface area contributed by atoms with Crippen molar-refractivity contribution in [2.45, 2.75) is 73.3 Å². The predicted octanol–water partition coefficient (Wildman–Crippen LogP) is 3.70. The SMILES string of the molecule is O=C1CC[C@H](C[C@@H](C(=O)Nc2ccn(C(=O)O)n2)c2ccc(S(=O)(=O)C3CC3)c(C3CC3)c2)C1. The fraction of sp³-hybridized carbons (Fsp3) is 0.500. The first-order chi connectivity index (χ1) is 16.2. The van der Waals surface area contributed by atoms with E-state index in [1.807, 2.05) is 6.07 Å². The number of rotatable bonds is 8. The summed E-state index contributed by atoms with van der Waals surface area (Å²) in [7, 11) is -3.36. The third-order valence-corrected chi connectivity index (χ3v) is 9.33. The molecule has 1 amide bonds. The maximum Gasteiger partial charge on any atom is 0.432 e. The Morgan fingerprint density at radius 1 is 1.15 bits per heavy atom. The van der Waals surface area contributed by atoms with Crippen molar-refractivity contribution in [3.05, 3.63) is 41.6 Å². The number of ketones is 1. The predicted molar refractivity (Wildman–Crippen MR) is 123 cm³/mol. The van der Waals surface area contributed by atoms with E-state index in [0.29, 0.717) is 47.2 Å². The lowest BCUT2D eigenvalue weighted by atomic mass is 9.86. The third kappa shape index (κ3) is 4.64. The van der Waals surface area contributed by atoms with Gasteiger partial charge in [0.05, 0.1) is 16.1 Å². The highest BCUT2D eigenvalue weighted by atomic mass is 32.2. The molecule has 180 valence electrons. The van der Waals surface area contributed by atoms with Crippen LogP contribution in [0.1, 0.15) is 74.3 Å². The van der Waals surface area contributed by atoms with E-state index in [4.69, 9.17) is 5.11 Å². The molecule has 5 rings (SSSR count). The molecular formula is C24H27N3O6S. The van der Waals surface area contributed by atoms with Crippen LogP contribution in [-0.2, 0) is 19.4 Å². The van der Waals surface area contributed by atoms with Crippen molar-refractivity contribution in [2.75, 3.05) is 5.32 Å². The maximum atomic E-state index is 13.3. The lowest BCUT2D eigenvalue weighted by molar-refractivity contribution is -0.119. The second-order valence-electron chi connectivity index (χ2n) is 9.67. The number of nitrogens with zero attached hydrogens (tertiary/aromatic N) is 2. The molecule has 3 fully saturated rings.